The molecule has 3 nitrogen and oxygen atoms in total. The lowest BCUT2D eigenvalue weighted by molar-refractivity contribution is 0.0984. The highest BCUT2D eigenvalue weighted by molar-refractivity contribution is 5.98. The number of halogens is 2. The van der Waals surface area contributed by atoms with Gasteiger partial charge in [-0.2, -0.15) is 0 Å². The summed E-state index contributed by atoms with van der Waals surface area (Å²) in [4.78, 5) is 12.1. The molecule has 110 valence electrons. The zero-order valence-corrected chi connectivity index (χ0v) is 11.7. The zero-order valence-electron chi connectivity index (χ0n) is 11.7. The maximum absolute atomic E-state index is 13.9. The van der Waals surface area contributed by atoms with E-state index in [0.29, 0.717) is 11.3 Å². The van der Waals surface area contributed by atoms with Crippen molar-refractivity contribution in [3.63, 3.8) is 0 Å². The minimum atomic E-state index is -0.938. The Hall–Kier alpha value is -2.43. The molecule has 0 N–H and O–H groups in total. The minimum Gasteiger partial charge on any atom is -0.497 e. The molecule has 0 aliphatic carbocycles. The van der Waals surface area contributed by atoms with Gasteiger partial charge in [-0.15, -0.1) is 0 Å². The molecule has 0 radical (unpaired) electrons. The molecule has 0 fully saturated rings. The van der Waals surface area contributed by atoms with E-state index in [1.165, 1.54) is 14.2 Å². The first-order valence-electron chi connectivity index (χ1n) is 6.25. The first kappa shape index (κ1) is 15.0. The van der Waals surface area contributed by atoms with E-state index >= 15 is 0 Å². The largest absolute Gasteiger partial charge is 0.497 e. The second kappa shape index (κ2) is 6.35. The number of carbonyl (C=O) groups excluding carboxylic acids is 1. The van der Waals surface area contributed by atoms with Crippen LogP contribution >= 0.6 is 0 Å². The summed E-state index contributed by atoms with van der Waals surface area (Å²) in [7, 11) is 2.77. The number of rotatable bonds is 5. The Kier molecular flexibility index (Phi) is 4.52. The molecule has 0 aliphatic rings. The molecule has 0 bridgehead atoms. The third-order valence-corrected chi connectivity index (χ3v) is 3.07. The lowest BCUT2D eigenvalue weighted by atomic mass is 10.0. The summed E-state index contributed by atoms with van der Waals surface area (Å²) in [5.41, 5.74) is 0.00123. The van der Waals surface area contributed by atoms with Gasteiger partial charge in [-0.1, -0.05) is 18.2 Å². The number of hydrogen-bond acceptors (Lipinski definition) is 3. The van der Waals surface area contributed by atoms with Gasteiger partial charge in [-0.05, 0) is 6.07 Å². The molecular weight excluding hydrogens is 278 g/mol. The molecule has 2 aromatic carbocycles. The Bertz CT molecular complexity index is 645. The normalized spacial score (nSPS) is 10.3. The molecule has 5 heteroatoms. The van der Waals surface area contributed by atoms with Crippen molar-refractivity contribution in [2.75, 3.05) is 14.2 Å². The molecule has 0 unspecified atom stereocenters. The fourth-order valence-electron chi connectivity index (χ4n) is 2.04. The second-order valence-corrected chi connectivity index (χ2v) is 4.38. The molecule has 0 saturated heterocycles. The van der Waals surface area contributed by atoms with Gasteiger partial charge in [0, 0.05) is 24.1 Å². The van der Waals surface area contributed by atoms with E-state index in [2.05, 4.69) is 0 Å². The van der Waals surface area contributed by atoms with Crippen LogP contribution in [-0.4, -0.2) is 20.0 Å². The van der Waals surface area contributed by atoms with Gasteiger partial charge in [-0.3, -0.25) is 4.79 Å². The van der Waals surface area contributed by atoms with Crippen molar-refractivity contribution in [2.45, 2.75) is 6.42 Å². The number of Topliss-reactive ketones (excluding diaryl/α,β-unsaturated/α-hetero) is 1. The average molecular weight is 292 g/mol. The van der Waals surface area contributed by atoms with Crippen LogP contribution in [0.15, 0.2) is 36.4 Å². The van der Waals surface area contributed by atoms with Crippen LogP contribution in [0.2, 0.25) is 0 Å². The summed E-state index contributed by atoms with van der Waals surface area (Å²) in [6, 6.07) is 8.81. The smallest absolute Gasteiger partial charge is 0.173 e. The Morgan fingerprint density at radius 2 is 1.67 bits per heavy atom. The van der Waals surface area contributed by atoms with Crippen LogP contribution < -0.4 is 9.47 Å². The lowest BCUT2D eigenvalue weighted by Crippen LogP contribution is -2.10. The van der Waals surface area contributed by atoms with E-state index < -0.39 is 23.0 Å². The van der Waals surface area contributed by atoms with E-state index in [9.17, 15) is 13.6 Å². The SMILES string of the molecule is COc1cc(F)c(C(=O)Cc2ccccc2OC)c(F)c1. The number of ether oxygens (including phenoxy) is 2. The number of hydrogen-bond donors (Lipinski definition) is 0. The minimum absolute atomic E-state index is 0.0267. The van der Waals surface area contributed by atoms with Gasteiger partial charge in [-0.25, -0.2) is 8.78 Å². The lowest BCUT2D eigenvalue weighted by Gasteiger charge is -2.09. The van der Waals surface area contributed by atoms with Crippen LogP contribution in [0.1, 0.15) is 15.9 Å². The average Bonchev–Trinajstić information content (AvgIpc) is 2.46. The molecule has 21 heavy (non-hydrogen) atoms. The summed E-state index contributed by atoms with van der Waals surface area (Å²) >= 11 is 0. The van der Waals surface area contributed by atoms with Crippen molar-refractivity contribution >= 4 is 5.78 Å². The molecule has 0 aromatic heterocycles. The van der Waals surface area contributed by atoms with Gasteiger partial charge in [0.05, 0.1) is 19.8 Å². The molecule has 0 spiro atoms. The van der Waals surface area contributed by atoms with Gasteiger partial charge in [0.25, 0.3) is 0 Å². The van der Waals surface area contributed by atoms with Crippen molar-refractivity contribution in [1.29, 1.82) is 0 Å². The summed E-state index contributed by atoms with van der Waals surface area (Å²) in [5.74, 6) is -2.00. The van der Waals surface area contributed by atoms with Crippen molar-refractivity contribution in [2.24, 2.45) is 0 Å². The molecule has 0 atom stereocenters. The Balaban J connectivity index is 2.33. The van der Waals surface area contributed by atoms with Crippen LogP contribution in [0.5, 0.6) is 11.5 Å². The van der Waals surface area contributed by atoms with Crippen molar-refractivity contribution < 1.29 is 23.0 Å². The Morgan fingerprint density at radius 3 is 2.24 bits per heavy atom. The predicted molar refractivity (Wildman–Crippen MR) is 73.9 cm³/mol. The van der Waals surface area contributed by atoms with Gasteiger partial charge >= 0.3 is 0 Å². The van der Waals surface area contributed by atoms with Crippen LogP contribution in [0.4, 0.5) is 8.78 Å². The summed E-state index contributed by atoms with van der Waals surface area (Å²) in [6.45, 7) is 0. The fraction of sp³-hybridized carbons (Fsp3) is 0.188. The van der Waals surface area contributed by atoms with Gasteiger partial charge < -0.3 is 9.47 Å². The number of carbonyl (C=O) groups is 1. The summed E-state index contributed by atoms with van der Waals surface area (Å²) < 4.78 is 37.6. The number of benzene rings is 2. The standard InChI is InChI=1S/C16H14F2O3/c1-20-11-8-12(17)16(13(18)9-11)14(19)7-10-5-3-4-6-15(10)21-2/h3-6,8-9H,7H2,1-2H3. The third kappa shape index (κ3) is 3.18. The van der Waals surface area contributed by atoms with E-state index in [-0.39, 0.29) is 12.2 Å². The van der Waals surface area contributed by atoms with E-state index in [1.807, 2.05) is 0 Å². The van der Waals surface area contributed by atoms with Crippen molar-refractivity contribution in [3.05, 3.63) is 59.2 Å². The van der Waals surface area contributed by atoms with E-state index in [1.54, 1.807) is 24.3 Å². The van der Waals surface area contributed by atoms with Gasteiger partial charge in [0.2, 0.25) is 0 Å². The molecule has 0 aliphatic heterocycles. The Labute approximate surface area is 121 Å². The number of para-hydroxylation sites is 1. The van der Waals surface area contributed by atoms with Gasteiger partial charge in [0.15, 0.2) is 5.78 Å². The molecule has 0 saturated carbocycles. The van der Waals surface area contributed by atoms with Crippen LogP contribution in [0.25, 0.3) is 0 Å². The van der Waals surface area contributed by atoms with E-state index in [4.69, 9.17) is 9.47 Å². The highest BCUT2D eigenvalue weighted by Gasteiger charge is 2.20. The quantitative estimate of drug-likeness (QED) is 0.792. The highest BCUT2D eigenvalue weighted by Crippen LogP contribution is 2.24. The third-order valence-electron chi connectivity index (χ3n) is 3.07. The first-order valence-corrected chi connectivity index (χ1v) is 6.25. The van der Waals surface area contributed by atoms with Crippen LogP contribution in [-0.2, 0) is 6.42 Å². The maximum atomic E-state index is 13.9. The van der Waals surface area contributed by atoms with Gasteiger partial charge in [0.1, 0.15) is 23.1 Å². The molecule has 2 aromatic rings. The first-order chi connectivity index (χ1) is 10.1. The maximum Gasteiger partial charge on any atom is 0.173 e. The monoisotopic (exact) mass is 292 g/mol. The zero-order chi connectivity index (χ0) is 15.4. The predicted octanol–water partition coefficient (Wildman–Crippen LogP) is 3.41. The fourth-order valence-corrected chi connectivity index (χ4v) is 2.04. The Morgan fingerprint density at radius 1 is 1.05 bits per heavy atom. The topological polar surface area (TPSA) is 35.5 Å². The highest BCUT2D eigenvalue weighted by atomic mass is 19.1. The summed E-state index contributed by atoms with van der Waals surface area (Å²) in [5, 5.41) is 0. The molecule has 0 amide bonds. The molecular formula is C16H14F2O3. The second-order valence-electron chi connectivity index (χ2n) is 4.38. The molecule has 0 heterocycles. The van der Waals surface area contributed by atoms with Crippen molar-refractivity contribution in [1.82, 2.24) is 0 Å². The van der Waals surface area contributed by atoms with Crippen LogP contribution in [0.3, 0.4) is 0 Å². The molecule has 2 rings (SSSR count). The van der Waals surface area contributed by atoms with Crippen LogP contribution in [0, 0.1) is 11.6 Å². The van der Waals surface area contributed by atoms with Crippen molar-refractivity contribution in [3.8, 4) is 11.5 Å². The van der Waals surface area contributed by atoms with E-state index in [0.717, 1.165) is 12.1 Å². The number of ketones is 1. The summed E-state index contributed by atoms with van der Waals surface area (Å²) in [6.07, 6.45) is -0.149. The number of methoxy groups -OCH3 is 2.